The fraction of sp³-hybridized carbons (Fsp3) is 0.333. The maximum atomic E-state index is 13.2. The minimum atomic E-state index is -0.530. The van der Waals surface area contributed by atoms with Gasteiger partial charge in [-0.3, -0.25) is 0 Å². The van der Waals surface area contributed by atoms with Gasteiger partial charge in [-0.1, -0.05) is 0 Å². The summed E-state index contributed by atoms with van der Waals surface area (Å²) in [4.78, 5) is 7.29. The highest BCUT2D eigenvalue weighted by Gasteiger charge is 2.05. The molecule has 2 rings (SSSR count). The number of nitrogens with zero attached hydrogens (tertiary/aromatic N) is 5. The molecular weight excluding hydrogens is 225 g/mol. The average molecular weight is 237 g/mol. The van der Waals surface area contributed by atoms with Crippen molar-refractivity contribution >= 4 is 11.8 Å². The van der Waals surface area contributed by atoms with Crippen LogP contribution in [0.3, 0.4) is 0 Å². The molecule has 0 saturated heterocycles. The second kappa shape index (κ2) is 4.73. The van der Waals surface area contributed by atoms with Crippen LogP contribution in [0, 0.1) is 5.82 Å². The van der Waals surface area contributed by atoms with E-state index in [1.54, 1.807) is 10.9 Å². The van der Waals surface area contributed by atoms with Crippen molar-refractivity contribution in [3.63, 3.8) is 0 Å². The standard InChI is InChI=1S/C9H12FN7/c1-17-5-14-16-7(17)2-3-12-8-6(10)4-13-9(11)15-8/h4-5H,2-3H2,1H3,(H3,11,12,13,15). The van der Waals surface area contributed by atoms with Crippen LogP contribution >= 0.6 is 0 Å². The van der Waals surface area contributed by atoms with Gasteiger partial charge >= 0.3 is 0 Å². The van der Waals surface area contributed by atoms with E-state index >= 15 is 0 Å². The van der Waals surface area contributed by atoms with Crippen LogP contribution in [0.5, 0.6) is 0 Å². The van der Waals surface area contributed by atoms with Crippen molar-refractivity contribution in [2.45, 2.75) is 6.42 Å². The van der Waals surface area contributed by atoms with Gasteiger partial charge in [0.05, 0.1) is 6.20 Å². The minimum absolute atomic E-state index is 0.0348. The van der Waals surface area contributed by atoms with Crippen molar-refractivity contribution in [1.29, 1.82) is 0 Å². The molecule has 2 aromatic rings. The summed E-state index contributed by atoms with van der Waals surface area (Å²) in [6, 6.07) is 0. The Morgan fingerprint density at radius 2 is 2.35 bits per heavy atom. The first kappa shape index (κ1) is 11.2. The van der Waals surface area contributed by atoms with Gasteiger partial charge in [0.1, 0.15) is 12.2 Å². The fourth-order valence-corrected chi connectivity index (χ4v) is 1.33. The molecule has 2 heterocycles. The van der Waals surface area contributed by atoms with Gasteiger partial charge in [-0.2, -0.15) is 4.98 Å². The Morgan fingerprint density at radius 1 is 1.53 bits per heavy atom. The van der Waals surface area contributed by atoms with E-state index in [9.17, 15) is 4.39 Å². The normalized spacial score (nSPS) is 10.5. The largest absolute Gasteiger partial charge is 0.368 e. The van der Waals surface area contributed by atoms with E-state index in [0.717, 1.165) is 12.0 Å². The van der Waals surface area contributed by atoms with Gasteiger partial charge in [0.2, 0.25) is 5.95 Å². The topological polar surface area (TPSA) is 94.5 Å². The van der Waals surface area contributed by atoms with Gasteiger partial charge in [0, 0.05) is 20.0 Å². The van der Waals surface area contributed by atoms with E-state index in [1.165, 1.54) is 0 Å². The van der Waals surface area contributed by atoms with Gasteiger partial charge in [0.25, 0.3) is 0 Å². The molecule has 0 aromatic carbocycles. The van der Waals surface area contributed by atoms with Crippen LogP contribution in [0.15, 0.2) is 12.5 Å². The molecule has 0 atom stereocenters. The van der Waals surface area contributed by atoms with Crippen molar-refractivity contribution in [2.24, 2.45) is 7.05 Å². The maximum Gasteiger partial charge on any atom is 0.222 e. The molecule has 0 saturated carbocycles. The lowest BCUT2D eigenvalue weighted by Gasteiger charge is -2.06. The average Bonchev–Trinajstić information content (AvgIpc) is 2.70. The molecule has 0 aliphatic rings. The van der Waals surface area contributed by atoms with E-state index in [1.807, 2.05) is 7.05 Å². The molecule has 90 valence electrons. The number of rotatable bonds is 4. The van der Waals surface area contributed by atoms with Crippen molar-refractivity contribution in [3.8, 4) is 0 Å². The first-order chi connectivity index (χ1) is 8.16. The molecule has 0 fully saturated rings. The SMILES string of the molecule is Cn1cnnc1CCNc1nc(N)ncc1F. The smallest absolute Gasteiger partial charge is 0.222 e. The minimum Gasteiger partial charge on any atom is -0.368 e. The van der Waals surface area contributed by atoms with Crippen LogP contribution in [0.25, 0.3) is 0 Å². The molecule has 3 N–H and O–H groups in total. The van der Waals surface area contributed by atoms with Crippen molar-refractivity contribution < 1.29 is 4.39 Å². The Hall–Kier alpha value is -2.25. The predicted molar refractivity (Wildman–Crippen MR) is 59.6 cm³/mol. The van der Waals surface area contributed by atoms with Crippen LogP contribution in [0.1, 0.15) is 5.82 Å². The highest BCUT2D eigenvalue weighted by molar-refractivity contribution is 5.39. The van der Waals surface area contributed by atoms with Crippen LogP contribution in [-0.4, -0.2) is 31.3 Å². The van der Waals surface area contributed by atoms with Gasteiger partial charge in [-0.25, -0.2) is 9.37 Å². The summed E-state index contributed by atoms with van der Waals surface area (Å²) in [7, 11) is 1.85. The first-order valence-corrected chi connectivity index (χ1v) is 5.01. The summed E-state index contributed by atoms with van der Waals surface area (Å²) in [5.74, 6) is 0.407. The first-order valence-electron chi connectivity index (χ1n) is 5.01. The lowest BCUT2D eigenvalue weighted by Crippen LogP contribution is -2.12. The third-order valence-electron chi connectivity index (χ3n) is 2.21. The molecule has 0 aliphatic heterocycles. The number of nitrogens with one attached hydrogen (secondary N) is 1. The predicted octanol–water partition coefficient (Wildman–Crippen LogP) is -0.0190. The summed E-state index contributed by atoms with van der Waals surface area (Å²) in [6.07, 6.45) is 3.26. The van der Waals surface area contributed by atoms with E-state index < -0.39 is 5.82 Å². The second-order valence-electron chi connectivity index (χ2n) is 3.46. The van der Waals surface area contributed by atoms with Crippen LogP contribution < -0.4 is 11.1 Å². The molecular formula is C9H12FN7. The van der Waals surface area contributed by atoms with E-state index in [2.05, 4.69) is 25.5 Å². The third-order valence-corrected chi connectivity index (χ3v) is 2.21. The monoisotopic (exact) mass is 237 g/mol. The molecule has 0 spiro atoms. The summed E-state index contributed by atoms with van der Waals surface area (Å²) < 4.78 is 15.0. The van der Waals surface area contributed by atoms with Crippen LogP contribution in [0.4, 0.5) is 16.2 Å². The van der Waals surface area contributed by atoms with Gasteiger partial charge < -0.3 is 15.6 Å². The molecule has 0 radical (unpaired) electrons. The molecule has 8 heteroatoms. The zero-order valence-corrected chi connectivity index (χ0v) is 9.26. The molecule has 0 aliphatic carbocycles. The zero-order chi connectivity index (χ0) is 12.3. The number of anilines is 2. The summed E-state index contributed by atoms with van der Waals surface area (Å²) in [5.41, 5.74) is 5.36. The zero-order valence-electron chi connectivity index (χ0n) is 9.26. The van der Waals surface area contributed by atoms with Crippen molar-refractivity contribution in [1.82, 2.24) is 24.7 Å². The molecule has 17 heavy (non-hydrogen) atoms. The third kappa shape index (κ3) is 2.65. The van der Waals surface area contributed by atoms with E-state index in [-0.39, 0.29) is 11.8 Å². The number of hydrogen-bond acceptors (Lipinski definition) is 6. The van der Waals surface area contributed by atoms with Gasteiger partial charge in [-0.15, -0.1) is 10.2 Å². The fourth-order valence-electron chi connectivity index (χ4n) is 1.33. The van der Waals surface area contributed by atoms with Crippen molar-refractivity contribution in [2.75, 3.05) is 17.6 Å². The van der Waals surface area contributed by atoms with E-state index in [0.29, 0.717) is 13.0 Å². The van der Waals surface area contributed by atoms with Gasteiger partial charge in [0.15, 0.2) is 11.6 Å². The summed E-state index contributed by atoms with van der Waals surface area (Å²) in [5, 5.41) is 10.5. The second-order valence-corrected chi connectivity index (χ2v) is 3.46. The van der Waals surface area contributed by atoms with Crippen LogP contribution in [-0.2, 0) is 13.5 Å². The number of nitrogens with two attached hydrogens (primary N) is 1. The van der Waals surface area contributed by atoms with Crippen molar-refractivity contribution in [3.05, 3.63) is 24.2 Å². The van der Waals surface area contributed by atoms with Crippen LogP contribution in [0.2, 0.25) is 0 Å². The summed E-state index contributed by atoms with van der Waals surface area (Å²) in [6.45, 7) is 0.486. The molecule has 2 aromatic heterocycles. The number of aryl methyl sites for hydroxylation is 1. The number of nitrogen functional groups attached to an aromatic ring is 1. The lowest BCUT2D eigenvalue weighted by molar-refractivity contribution is 0.617. The summed E-state index contributed by atoms with van der Waals surface area (Å²) >= 11 is 0. The van der Waals surface area contributed by atoms with E-state index in [4.69, 9.17) is 5.73 Å². The maximum absolute atomic E-state index is 13.2. The molecule has 0 unspecified atom stereocenters. The molecule has 7 nitrogen and oxygen atoms in total. The molecule has 0 amide bonds. The number of aromatic nitrogens is 5. The highest BCUT2D eigenvalue weighted by Crippen LogP contribution is 2.09. The highest BCUT2D eigenvalue weighted by atomic mass is 19.1. The Kier molecular flexibility index (Phi) is 3.12. The Labute approximate surface area is 96.9 Å². The molecule has 0 bridgehead atoms. The number of halogens is 1. The Balaban J connectivity index is 1.94. The van der Waals surface area contributed by atoms with Gasteiger partial charge in [-0.05, 0) is 0 Å². The lowest BCUT2D eigenvalue weighted by atomic mass is 10.4. The quantitative estimate of drug-likeness (QED) is 0.776. The number of hydrogen-bond donors (Lipinski definition) is 2. The Morgan fingerprint density at radius 3 is 3.06 bits per heavy atom. The Bertz CT molecular complexity index is 510.